The van der Waals surface area contributed by atoms with Crippen molar-refractivity contribution < 1.29 is 10.2 Å². The molecule has 0 spiro atoms. The molecule has 0 saturated carbocycles. The fraction of sp³-hybridized carbons (Fsp3) is 0.250. The smallest absolute Gasteiger partial charge is 0.225 e. The summed E-state index contributed by atoms with van der Waals surface area (Å²) in [6, 6.07) is 14.0. The van der Waals surface area contributed by atoms with Gasteiger partial charge < -0.3 is 20.8 Å². The van der Waals surface area contributed by atoms with Crippen molar-refractivity contribution in [3.05, 3.63) is 54.7 Å². The minimum Gasteiger partial charge on any atom is -0.508 e. The number of pyridine rings is 1. The van der Waals surface area contributed by atoms with Gasteiger partial charge >= 0.3 is 0 Å². The van der Waals surface area contributed by atoms with Gasteiger partial charge in [0.15, 0.2) is 0 Å². The van der Waals surface area contributed by atoms with E-state index in [2.05, 4.69) is 25.6 Å². The number of hydrogen-bond donors (Lipinski definition) is 4. The predicted molar refractivity (Wildman–Crippen MR) is 106 cm³/mol. The molecule has 140 valence electrons. The Morgan fingerprint density at radius 1 is 1.00 bits per heavy atom. The van der Waals surface area contributed by atoms with Crippen LogP contribution in [0.15, 0.2) is 54.7 Å². The van der Waals surface area contributed by atoms with Crippen LogP contribution in [0.4, 0.5) is 17.5 Å². The van der Waals surface area contributed by atoms with Crippen LogP contribution in [0.1, 0.15) is 13.8 Å². The number of nitrogens with one attached hydrogen (secondary N) is 2. The summed E-state index contributed by atoms with van der Waals surface area (Å²) < 4.78 is 0. The van der Waals surface area contributed by atoms with Gasteiger partial charge in [0, 0.05) is 18.0 Å². The number of phenols is 1. The number of nitrogens with zero attached hydrogens (tertiary/aromatic N) is 3. The molecule has 2 aromatic heterocycles. The number of aliphatic hydroxyl groups excluding tert-OH is 1. The quantitative estimate of drug-likeness (QED) is 0.476. The lowest BCUT2D eigenvalue weighted by atomic mass is 10.1. The number of aromatic nitrogens is 3. The molecule has 7 heteroatoms. The SMILES string of the molecule is CC(C)[C@@H](CO)Nc1nc(Nc2ccc(O)cc2)cc(-c2ccccn2)n1. The maximum Gasteiger partial charge on any atom is 0.225 e. The monoisotopic (exact) mass is 365 g/mol. The molecular weight excluding hydrogens is 342 g/mol. The first kappa shape index (κ1) is 18.6. The van der Waals surface area contributed by atoms with Gasteiger partial charge in [0.2, 0.25) is 5.95 Å². The summed E-state index contributed by atoms with van der Waals surface area (Å²) in [5, 5.41) is 25.5. The molecule has 4 N–H and O–H groups in total. The molecule has 3 rings (SSSR count). The normalized spacial score (nSPS) is 12.0. The molecule has 0 unspecified atom stereocenters. The molecule has 0 bridgehead atoms. The molecule has 3 aromatic rings. The lowest BCUT2D eigenvalue weighted by Crippen LogP contribution is -2.30. The number of aromatic hydroxyl groups is 1. The Labute approximate surface area is 158 Å². The van der Waals surface area contributed by atoms with Crippen LogP contribution in [0.5, 0.6) is 5.75 Å². The largest absolute Gasteiger partial charge is 0.508 e. The van der Waals surface area contributed by atoms with Gasteiger partial charge in [-0.05, 0) is 42.3 Å². The van der Waals surface area contributed by atoms with E-state index in [1.807, 2.05) is 38.1 Å². The van der Waals surface area contributed by atoms with Gasteiger partial charge in [-0.25, -0.2) is 4.98 Å². The van der Waals surface area contributed by atoms with E-state index < -0.39 is 0 Å². The third kappa shape index (κ3) is 4.92. The van der Waals surface area contributed by atoms with Crippen LogP contribution < -0.4 is 10.6 Å². The highest BCUT2D eigenvalue weighted by Crippen LogP contribution is 2.24. The maximum atomic E-state index is 9.60. The average molecular weight is 365 g/mol. The summed E-state index contributed by atoms with van der Waals surface area (Å²) in [6.45, 7) is 4.02. The second-order valence-electron chi connectivity index (χ2n) is 6.53. The molecule has 1 aromatic carbocycles. The Morgan fingerprint density at radius 3 is 2.41 bits per heavy atom. The van der Waals surface area contributed by atoms with Crippen molar-refractivity contribution in [2.45, 2.75) is 19.9 Å². The van der Waals surface area contributed by atoms with Crippen LogP contribution in [0.25, 0.3) is 11.4 Å². The molecule has 0 aliphatic carbocycles. The fourth-order valence-corrected chi connectivity index (χ4v) is 2.50. The van der Waals surface area contributed by atoms with E-state index in [0.29, 0.717) is 17.5 Å². The van der Waals surface area contributed by atoms with Crippen molar-refractivity contribution in [1.82, 2.24) is 15.0 Å². The van der Waals surface area contributed by atoms with Gasteiger partial charge in [-0.2, -0.15) is 4.98 Å². The summed E-state index contributed by atoms with van der Waals surface area (Å²) >= 11 is 0. The Hall–Kier alpha value is -3.19. The van der Waals surface area contributed by atoms with Gasteiger partial charge in [-0.3, -0.25) is 4.98 Å². The highest BCUT2D eigenvalue weighted by atomic mass is 16.3. The Bertz CT molecular complexity index is 869. The van der Waals surface area contributed by atoms with E-state index in [-0.39, 0.29) is 24.3 Å². The molecule has 0 radical (unpaired) electrons. The van der Waals surface area contributed by atoms with Gasteiger partial charge in [0.25, 0.3) is 0 Å². The Morgan fingerprint density at radius 2 is 1.78 bits per heavy atom. The van der Waals surface area contributed by atoms with E-state index in [1.54, 1.807) is 30.5 Å². The standard InChI is InChI=1S/C20H23N5O2/c1-13(2)18(12-26)24-20-23-17(16-5-3-4-10-21-16)11-19(25-20)22-14-6-8-15(27)9-7-14/h3-11,13,18,26-27H,12H2,1-2H3,(H2,22,23,24,25)/t18-/m1/s1. The van der Waals surface area contributed by atoms with E-state index in [4.69, 9.17) is 0 Å². The molecule has 0 aliphatic rings. The number of aliphatic hydroxyl groups is 1. The van der Waals surface area contributed by atoms with Crippen LogP contribution in [0.3, 0.4) is 0 Å². The van der Waals surface area contributed by atoms with Crippen molar-refractivity contribution in [1.29, 1.82) is 0 Å². The summed E-state index contributed by atoms with van der Waals surface area (Å²) in [7, 11) is 0. The second kappa shape index (κ2) is 8.46. The van der Waals surface area contributed by atoms with Crippen molar-refractivity contribution in [2.24, 2.45) is 5.92 Å². The lowest BCUT2D eigenvalue weighted by Gasteiger charge is -2.20. The van der Waals surface area contributed by atoms with Gasteiger partial charge in [0.1, 0.15) is 11.6 Å². The van der Waals surface area contributed by atoms with Gasteiger partial charge in [-0.1, -0.05) is 19.9 Å². The molecular formula is C20H23N5O2. The van der Waals surface area contributed by atoms with Crippen molar-refractivity contribution >= 4 is 17.5 Å². The van der Waals surface area contributed by atoms with E-state index in [0.717, 1.165) is 11.4 Å². The summed E-state index contributed by atoms with van der Waals surface area (Å²) in [6.07, 6.45) is 1.71. The summed E-state index contributed by atoms with van der Waals surface area (Å²) in [5.74, 6) is 1.40. The third-order valence-corrected chi connectivity index (χ3v) is 4.11. The first-order valence-electron chi connectivity index (χ1n) is 8.79. The zero-order chi connectivity index (χ0) is 19.2. The predicted octanol–water partition coefficient (Wildman–Crippen LogP) is 3.42. The number of benzene rings is 1. The molecule has 0 amide bonds. The third-order valence-electron chi connectivity index (χ3n) is 4.11. The zero-order valence-corrected chi connectivity index (χ0v) is 15.3. The Kier molecular flexibility index (Phi) is 5.83. The second-order valence-corrected chi connectivity index (χ2v) is 6.53. The first-order chi connectivity index (χ1) is 13.0. The highest BCUT2D eigenvalue weighted by Gasteiger charge is 2.15. The van der Waals surface area contributed by atoms with Crippen LogP contribution in [0, 0.1) is 5.92 Å². The molecule has 1 atom stereocenters. The van der Waals surface area contributed by atoms with Crippen molar-refractivity contribution in [2.75, 3.05) is 17.2 Å². The summed E-state index contributed by atoms with van der Waals surface area (Å²) in [5.41, 5.74) is 2.17. The molecule has 0 aliphatic heterocycles. The number of anilines is 3. The van der Waals surface area contributed by atoms with Crippen molar-refractivity contribution in [3.63, 3.8) is 0 Å². The lowest BCUT2D eigenvalue weighted by molar-refractivity contribution is 0.248. The van der Waals surface area contributed by atoms with Crippen molar-refractivity contribution in [3.8, 4) is 17.1 Å². The van der Waals surface area contributed by atoms with Crippen LogP contribution >= 0.6 is 0 Å². The Balaban J connectivity index is 1.96. The first-order valence-corrected chi connectivity index (χ1v) is 8.79. The van der Waals surface area contributed by atoms with Crippen LogP contribution in [-0.4, -0.2) is 37.8 Å². The molecule has 27 heavy (non-hydrogen) atoms. The highest BCUT2D eigenvalue weighted by molar-refractivity contribution is 5.65. The van der Waals surface area contributed by atoms with Gasteiger partial charge in [-0.15, -0.1) is 0 Å². The zero-order valence-electron chi connectivity index (χ0n) is 15.3. The molecule has 2 heterocycles. The summed E-state index contributed by atoms with van der Waals surface area (Å²) in [4.78, 5) is 13.4. The maximum absolute atomic E-state index is 9.60. The topological polar surface area (TPSA) is 103 Å². The molecule has 7 nitrogen and oxygen atoms in total. The number of phenolic OH excluding ortho intramolecular Hbond substituents is 1. The number of hydrogen-bond acceptors (Lipinski definition) is 7. The van der Waals surface area contributed by atoms with Crippen LogP contribution in [-0.2, 0) is 0 Å². The molecule has 0 fully saturated rings. The van der Waals surface area contributed by atoms with Gasteiger partial charge in [0.05, 0.1) is 24.0 Å². The van der Waals surface area contributed by atoms with E-state index in [1.165, 1.54) is 0 Å². The average Bonchev–Trinajstić information content (AvgIpc) is 2.68. The number of rotatable bonds is 7. The minimum absolute atomic E-state index is 0.0183. The van der Waals surface area contributed by atoms with E-state index in [9.17, 15) is 10.2 Å². The van der Waals surface area contributed by atoms with Crippen LogP contribution in [0.2, 0.25) is 0 Å². The molecule has 0 saturated heterocycles. The van der Waals surface area contributed by atoms with E-state index >= 15 is 0 Å². The fourth-order valence-electron chi connectivity index (χ4n) is 2.50. The minimum atomic E-state index is -0.162.